The molecule has 0 aliphatic heterocycles. The number of rotatable bonds is 8. The van der Waals surface area contributed by atoms with Crippen LogP contribution in [0.15, 0.2) is 0 Å². The first-order chi connectivity index (χ1) is 7.80. The zero-order valence-electron chi connectivity index (χ0n) is 12.6. The molecule has 3 nitrogen and oxygen atoms in total. The number of nitrogens with zero attached hydrogens (tertiary/aromatic N) is 1. The van der Waals surface area contributed by atoms with E-state index in [1.807, 2.05) is 0 Å². The molecule has 0 rings (SSSR count). The van der Waals surface area contributed by atoms with Crippen molar-refractivity contribution >= 4 is 0 Å². The van der Waals surface area contributed by atoms with Crippen molar-refractivity contribution in [3.63, 3.8) is 0 Å². The molecule has 0 spiro atoms. The van der Waals surface area contributed by atoms with Gasteiger partial charge >= 0.3 is 0 Å². The van der Waals surface area contributed by atoms with Crippen molar-refractivity contribution in [3.8, 4) is 0 Å². The quantitative estimate of drug-likeness (QED) is 0.713. The van der Waals surface area contributed by atoms with Crippen molar-refractivity contribution in [2.75, 3.05) is 26.8 Å². The standard InChI is InChI=1S/C14H32N2O/c1-7-16(12(2)11-17-6)9-8-13(15)10-14(3,4)5/h12-13H,7-11,15H2,1-6H3. The Morgan fingerprint density at radius 2 is 1.88 bits per heavy atom. The molecule has 0 aliphatic rings. The van der Waals surface area contributed by atoms with Crippen LogP contribution in [0.3, 0.4) is 0 Å². The Balaban J connectivity index is 3.97. The summed E-state index contributed by atoms with van der Waals surface area (Å²) in [6.07, 6.45) is 2.16. The van der Waals surface area contributed by atoms with Gasteiger partial charge in [0, 0.05) is 19.2 Å². The minimum absolute atomic E-state index is 0.304. The van der Waals surface area contributed by atoms with Crippen LogP contribution >= 0.6 is 0 Å². The molecule has 0 aromatic heterocycles. The van der Waals surface area contributed by atoms with E-state index in [1.54, 1.807) is 7.11 Å². The number of ether oxygens (including phenoxy) is 1. The highest BCUT2D eigenvalue weighted by Gasteiger charge is 2.17. The topological polar surface area (TPSA) is 38.5 Å². The van der Waals surface area contributed by atoms with Crippen LogP contribution in [0.25, 0.3) is 0 Å². The van der Waals surface area contributed by atoms with Gasteiger partial charge in [0.1, 0.15) is 0 Å². The first-order valence-corrected chi connectivity index (χ1v) is 6.78. The van der Waals surface area contributed by atoms with Crippen molar-refractivity contribution in [3.05, 3.63) is 0 Å². The Kier molecular flexibility index (Phi) is 8.01. The third-order valence-corrected chi connectivity index (χ3v) is 3.10. The molecule has 0 saturated heterocycles. The van der Waals surface area contributed by atoms with Gasteiger partial charge in [-0.3, -0.25) is 4.90 Å². The fraction of sp³-hybridized carbons (Fsp3) is 1.00. The predicted octanol–water partition coefficient (Wildman–Crippen LogP) is 2.50. The monoisotopic (exact) mass is 244 g/mol. The number of hydrogen-bond acceptors (Lipinski definition) is 3. The van der Waals surface area contributed by atoms with Crippen LogP contribution in [-0.2, 0) is 4.74 Å². The molecule has 0 saturated carbocycles. The van der Waals surface area contributed by atoms with E-state index in [0.717, 1.165) is 32.5 Å². The predicted molar refractivity (Wildman–Crippen MR) is 75.2 cm³/mol. The molecule has 0 aromatic rings. The minimum Gasteiger partial charge on any atom is -0.383 e. The maximum absolute atomic E-state index is 6.18. The van der Waals surface area contributed by atoms with E-state index in [4.69, 9.17) is 10.5 Å². The Labute approximate surface area is 108 Å². The van der Waals surface area contributed by atoms with Gasteiger partial charge in [0.15, 0.2) is 0 Å². The first-order valence-electron chi connectivity index (χ1n) is 6.78. The molecule has 2 atom stereocenters. The molecule has 17 heavy (non-hydrogen) atoms. The Hall–Kier alpha value is -0.120. The molecule has 2 unspecified atom stereocenters. The lowest BCUT2D eigenvalue weighted by atomic mass is 9.87. The minimum atomic E-state index is 0.304. The molecular weight excluding hydrogens is 212 g/mol. The van der Waals surface area contributed by atoms with E-state index >= 15 is 0 Å². The summed E-state index contributed by atoms with van der Waals surface area (Å²) in [7, 11) is 1.76. The summed E-state index contributed by atoms with van der Waals surface area (Å²) < 4.78 is 5.20. The van der Waals surface area contributed by atoms with Crippen molar-refractivity contribution in [2.24, 2.45) is 11.1 Å². The van der Waals surface area contributed by atoms with Crippen molar-refractivity contribution in [1.29, 1.82) is 0 Å². The molecule has 0 radical (unpaired) electrons. The fourth-order valence-corrected chi connectivity index (χ4v) is 2.26. The summed E-state index contributed by atoms with van der Waals surface area (Å²) in [5, 5.41) is 0. The van der Waals surface area contributed by atoms with Crippen LogP contribution in [0, 0.1) is 5.41 Å². The van der Waals surface area contributed by atoms with Gasteiger partial charge in [-0.15, -0.1) is 0 Å². The second-order valence-corrected chi connectivity index (χ2v) is 6.25. The number of nitrogens with two attached hydrogens (primary N) is 1. The third-order valence-electron chi connectivity index (χ3n) is 3.10. The zero-order valence-corrected chi connectivity index (χ0v) is 12.6. The van der Waals surface area contributed by atoms with E-state index < -0.39 is 0 Å². The molecule has 2 N–H and O–H groups in total. The molecule has 3 heteroatoms. The lowest BCUT2D eigenvalue weighted by Crippen LogP contribution is -2.39. The van der Waals surface area contributed by atoms with E-state index in [0.29, 0.717) is 17.5 Å². The highest BCUT2D eigenvalue weighted by atomic mass is 16.5. The molecule has 0 bridgehead atoms. The van der Waals surface area contributed by atoms with Gasteiger partial charge in [-0.05, 0) is 38.3 Å². The van der Waals surface area contributed by atoms with Gasteiger partial charge < -0.3 is 10.5 Å². The SMILES string of the molecule is CCN(CCC(N)CC(C)(C)C)C(C)COC. The number of methoxy groups -OCH3 is 1. The van der Waals surface area contributed by atoms with Gasteiger partial charge in [-0.1, -0.05) is 27.7 Å². The summed E-state index contributed by atoms with van der Waals surface area (Å²) in [4.78, 5) is 2.44. The maximum Gasteiger partial charge on any atom is 0.0615 e. The van der Waals surface area contributed by atoms with Crippen LogP contribution in [-0.4, -0.2) is 43.8 Å². The van der Waals surface area contributed by atoms with Crippen molar-refractivity contribution in [2.45, 2.75) is 59.5 Å². The summed E-state index contributed by atoms with van der Waals surface area (Å²) >= 11 is 0. The Bertz CT molecular complexity index is 189. The average Bonchev–Trinajstić information content (AvgIpc) is 2.16. The van der Waals surface area contributed by atoms with Crippen LogP contribution < -0.4 is 5.73 Å². The number of likely N-dealkylation sites (N-methyl/N-ethyl adjacent to an activating group) is 1. The molecule has 0 fully saturated rings. The Morgan fingerprint density at radius 1 is 1.29 bits per heavy atom. The van der Waals surface area contributed by atoms with Crippen molar-refractivity contribution in [1.82, 2.24) is 4.90 Å². The van der Waals surface area contributed by atoms with E-state index in [-0.39, 0.29) is 0 Å². The Morgan fingerprint density at radius 3 is 2.29 bits per heavy atom. The highest BCUT2D eigenvalue weighted by Crippen LogP contribution is 2.21. The van der Waals surface area contributed by atoms with Gasteiger partial charge in [0.05, 0.1) is 6.61 Å². The molecular formula is C14H32N2O. The van der Waals surface area contributed by atoms with E-state index in [9.17, 15) is 0 Å². The van der Waals surface area contributed by atoms with Crippen LogP contribution in [0.1, 0.15) is 47.5 Å². The largest absolute Gasteiger partial charge is 0.383 e. The molecule has 0 amide bonds. The van der Waals surface area contributed by atoms with Gasteiger partial charge in [-0.25, -0.2) is 0 Å². The third kappa shape index (κ3) is 8.58. The fourth-order valence-electron chi connectivity index (χ4n) is 2.26. The van der Waals surface area contributed by atoms with Crippen LogP contribution in [0.5, 0.6) is 0 Å². The van der Waals surface area contributed by atoms with Gasteiger partial charge in [0.2, 0.25) is 0 Å². The smallest absolute Gasteiger partial charge is 0.0615 e. The lowest BCUT2D eigenvalue weighted by molar-refractivity contribution is 0.0994. The lowest BCUT2D eigenvalue weighted by Gasteiger charge is -2.30. The summed E-state index contributed by atoms with van der Waals surface area (Å²) in [6, 6.07) is 0.783. The molecule has 104 valence electrons. The maximum atomic E-state index is 6.18. The second-order valence-electron chi connectivity index (χ2n) is 6.25. The van der Waals surface area contributed by atoms with Gasteiger partial charge in [-0.2, -0.15) is 0 Å². The molecule has 0 aromatic carbocycles. The zero-order chi connectivity index (χ0) is 13.5. The summed E-state index contributed by atoms with van der Waals surface area (Å²) in [6.45, 7) is 14.1. The van der Waals surface area contributed by atoms with Gasteiger partial charge in [0.25, 0.3) is 0 Å². The van der Waals surface area contributed by atoms with Crippen LogP contribution in [0.2, 0.25) is 0 Å². The highest BCUT2D eigenvalue weighted by molar-refractivity contribution is 4.74. The number of hydrogen-bond donors (Lipinski definition) is 1. The van der Waals surface area contributed by atoms with Crippen LogP contribution in [0.4, 0.5) is 0 Å². The summed E-state index contributed by atoms with van der Waals surface area (Å²) in [5.41, 5.74) is 6.51. The second kappa shape index (κ2) is 8.06. The molecule has 0 heterocycles. The van der Waals surface area contributed by atoms with E-state index in [2.05, 4.69) is 39.5 Å². The normalized spacial score (nSPS) is 16.2. The average molecular weight is 244 g/mol. The summed E-state index contributed by atoms with van der Waals surface area (Å²) in [5.74, 6) is 0. The van der Waals surface area contributed by atoms with E-state index in [1.165, 1.54) is 0 Å². The molecule has 0 aliphatic carbocycles. The first kappa shape index (κ1) is 16.9. The van der Waals surface area contributed by atoms with Crippen molar-refractivity contribution < 1.29 is 4.74 Å².